The first-order valence-corrected chi connectivity index (χ1v) is 6.01. The molecule has 0 aromatic carbocycles. The van der Waals surface area contributed by atoms with Gasteiger partial charge in [-0.3, -0.25) is 4.79 Å². The fourth-order valence-electron chi connectivity index (χ4n) is 1.64. The second-order valence-electron chi connectivity index (χ2n) is 4.46. The minimum absolute atomic E-state index is 0.0179. The van der Waals surface area contributed by atoms with Gasteiger partial charge < -0.3 is 20.1 Å². The van der Waals surface area contributed by atoms with Crippen molar-refractivity contribution in [3.63, 3.8) is 0 Å². The third-order valence-corrected chi connectivity index (χ3v) is 2.83. The van der Waals surface area contributed by atoms with Gasteiger partial charge in [-0.25, -0.2) is 0 Å². The largest absolute Gasteiger partial charge is 0.373 e. The fourth-order valence-corrected chi connectivity index (χ4v) is 1.64. The van der Waals surface area contributed by atoms with Gasteiger partial charge in [0.2, 0.25) is 5.91 Å². The van der Waals surface area contributed by atoms with Crippen molar-refractivity contribution in [1.29, 1.82) is 0 Å². The molecule has 0 radical (unpaired) electrons. The molecular weight excluding hydrogens is 208 g/mol. The van der Waals surface area contributed by atoms with Crippen molar-refractivity contribution in [3.05, 3.63) is 0 Å². The van der Waals surface area contributed by atoms with Crippen LogP contribution in [0.15, 0.2) is 0 Å². The highest BCUT2D eigenvalue weighted by Crippen LogP contribution is 2.27. The molecule has 1 saturated heterocycles. The second kappa shape index (κ2) is 6.18. The molecule has 92 valence electrons. The van der Waals surface area contributed by atoms with Gasteiger partial charge >= 0.3 is 0 Å². The summed E-state index contributed by atoms with van der Waals surface area (Å²) in [5, 5.41) is 6.08. The molecular formula is C11H20N2O3. The molecule has 1 aliphatic carbocycles. The summed E-state index contributed by atoms with van der Waals surface area (Å²) in [5.41, 5.74) is 0. The molecule has 2 N–H and O–H groups in total. The van der Waals surface area contributed by atoms with Crippen LogP contribution < -0.4 is 10.6 Å². The number of hydrogen-bond donors (Lipinski definition) is 2. The number of amides is 1. The van der Waals surface area contributed by atoms with Crippen molar-refractivity contribution in [1.82, 2.24) is 10.6 Å². The van der Waals surface area contributed by atoms with Gasteiger partial charge in [-0.2, -0.15) is 0 Å². The zero-order chi connectivity index (χ0) is 11.2. The summed E-state index contributed by atoms with van der Waals surface area (Å²) in [7, 11) is 0. The van der Waals surface area contributed by atoms with E-state index in [0.29, 0.717) is 6.61 Å². The van der Waals surface area contributed by atoms with Gasteiger partial charge in [0.05, 0.1) is 19.3 Å². The van der Waals surface area contributed by atoms with E-state index in [-0.39, 0.29) is 18.6 Å². The van der Waals surface area contributed by atoms with E-state index in [1.807, 2.05) is 0 Å². The monoisotopic (exact) mass is 228 g/mol. The van der Waals surface area contributed by atoms with E-state index in [4.69, 9.17) is 9.47 Å². The fraction of sp³-hybridized carbons (Fsp3) is 0.909. The Kier molecular flexibility index (Phi) is 4.56. The zero-order valence-electron chi connectivity index (χ0n) is 9.54. The lowest BCUT2D eigenvalue weighted by Crippen LogP contribution is -2.41. The number of hydrogen-bond acceptors (Lipinski definition) is 4. The van der Waals surface area contributed by atoms with Crippen molar-refractivity contribution in [2.45, 2.75) is 18.9 Å². The number of carbonyl (C=O) groups is 1. The van der Waals surface area contributed by atoms with Crippen molar-refractivity contribution < 1.29 is 14.3 Å². The van der Waals surface area contributed by atoms with Crippen LogP contribution in [-0.2, 0) is 14.3 Å². The van der Waals surface area contributed by atoms with Crippen LogP contribution in [0, 0.1) is 5.92 Å². The van der Waals surface area contributed by atoms with Crippen molar-refractivity contribution in [2.75, 3.05) is 39.5 Å². The van der Waals surface area contributed by atoms with E-state index in [0.717, 1.165) is 32.2 Å². The lowest BCUT2D eigenvalue weighted by molar-refractivity contribution is -0.127. The smallest absolute Gasteiger partial charge is 0.246 e. The molecule has 5 nitrogen and oxygen atoms in total. The maximum absolute atomic E-state index is 11.3. The minimum atomic E-state index is -0.0179. The molecule has 5 heteroatoms. The highest BCUT2D eigenvalue weighted by Gasteiger charge is 2.21. The molecule has 0 spiro atoms. The van der Waals surface area contributed by atoms with E-state index < -0.39 is 0 Å². The number of morpholine rings is 1. The van der Waals surface area contributed by atoms with E-state index in [9.17, 15) is 4.79 Å². The Morgan fingerprint density at radius 3 is 3.06 bits per heavy atom. The number of carbonyl (C=O) groups excluding carboxylic acids is 1. The predicted octanol–water partition coefficient (Wildman–Crippen LogP) is -0.482. The highest BCUT2D eigenvalue weighted by atomic mass is 16.5. The Labute approximate surface area is 95.9 Å². The Bertz CT molecular complexity index is 225. The number of ether oxygens (including phenoxy) is 2. The molecule has 1 heterocycles. The Morgan fingerprint density at radius 1 is 1.50 bits per heavy atom. The van der Waals surface area contributed by atoms with Crippen LogP contribution in [0.4, 0.5) is 0 Å². The first-order valence-electron chi connectivity index (χ1n) is 6.01. The molecule has 1 atom stereocenters. The zero-order valence-corrected chi connectivity index (χ0v) is 9.54. The van der Waals surface area contributed by atoms with Gasteiger partial charge in [-0.1, -0.05) is 0 Å². The van der Waals surface area contributed by atoms with Crippen molar-refractivity contribution >= 4 is 5.91 Å². The standard InChI is InChI=1S/C11H20N2O3/c14-11(13-5-9-1-2-9)8-15-7-10-6-12-3-4-16-10/h9-10,12H,1-8H2,(H,13,14). The SMILES string of the molecule is O=C(COCC1CNCCO1)NCC1CC1. The van der Waals surface area contributed by atoms with E-state index >= 15 is 0 Å². The first kappa shape index (κ1) is 11.8. The van der Waals surface area contributed by atoms with Gasteiger partial charge in [-0.15, -0.1) is 0 Å². The van der Waals surface area contributed by atoms with Crippen molar-refractivity contribution in [2.24, 2.45) is 5.92 Å². The van der Waals surface area contributed by atoms with Crippen LogP contribution in [0.3, 0.4) is 0 Å². The minimum Gasteiger partial charge on any atom is -0.373 e. The van der Waals surface area contributed by atoms with E-state index in [1.165, 1.54) is 12.8 Å². The number of rotatable bonds is 6. The van der Waals surface area contributed by atoms with E-state index in [1.54, 1.807) is 0 Å². The average Bonchev–Trinajstić information content (AvgIpc) is 3.12. The Balaban J connectivity index is 1.47. The molecule has 0 aromatic rings. The summed E-state index contributed by atoms with van der Waals surface area (Å²) in [4.78, 5) is 11.3. The van der Waals surface area contributed by atoms with Crippen molar-refractivity contribution in [3.8, 4) is 0 Å². The Morgan fingerprint density at radius 2 is 2.38 bits per heavy atom. The van der Waals surface area contributed by atoms with Crippen LogP contribution in [0.25, 0.3) is 0 Å². The molecule has 0 aromatic heterocycles. The third kappa shape index (κ3) is 4.47. The van der Waals surface area contributed by atoms with Crippen LogP contribution >= 0.6 is 0 Å². The van der Waals surface area contributed by atoms with Gasteiger partial charge in [0.1, 0.15) is 6.61 Å². The van der Waals surface area contributed by atoms with E-state index in [2.05, 4.69) is 10.6 Å². The maximum atomic E-state index is 11.3. The molecule has 1 unspecified atom stereocenters. The molecule has 2 aliphatic rings. The van der Waals surface area contributed by atoms with Gasteiger partial charge in [0.25, 0.3) is 0 Å². The summed E-state index contributed by atoms with van der Waals surface area (Å²) in [6, 6.07) is 0. The lowest BCUT2D eigenvalue weighted by atomic mass is 10.3. The molecule has 0 bridgehead atoms. The van der Waals surface area contributed by atoms with Crippen LogP contribution in [-0.4, -0.2) is 51.5 Å². The number of nitrogens with one attached hydrogen (secondary N) is 2. The summed E-state index contributed by atoms with van der Waals surface area (Å²) >= 11 is 0. The van der Waals surface area contributed by atoms with Crippen LogP contribution in [0.2, 0.25) is 0 Å². The molecule has 2 fully saturated rings. The quantitative estimate of drug-likeness (QED) is 0.644. The van der Waals surface area contributed by atoms with Crippen LogP contribution in [0.1, 0.15) is 12.8 Å². The molecule has 1 saturated carbocycles. The van der Waals surface area contributed by atoms with Gasteiger partial charge in [0, 0.05) is 19.6 Å². The summed E-state index contributed by atoms with van der Waals surface area (Å²) in [6.07, 6.45) is 2.59. The first-order chi connectivity index (χ1) is 7.84. The molecule has 1 amide bonds. The predicted molar refractivity (Wildman–Crippen MR) is 59.2 cm³/mol. The third-order valence-electron chi connectivity index (χ3n) is 2.83. The van der Waals surface area contributed by atoms with Gasteiger partial charge in [-0.05, 0) is 18.8 Å². The highest BCUT2D eigenvalue weighted by molar-refractivity contribution is 5.77. The van der Waals surface area contributed by atoms with Crippen LogP contribution in [0.5, 0.6) is 0 Å². The molecule has 2 rings (SSSR count). The summed E-state index contributed by atoms with van der Waals surface area (Å²) in [6.45, 7) is 3.88. The molecule has 16 heavy (non-hydrogen) atoms. The summed E-state index contributed by atoms with van der Waals surface area (Å²) in [5.74, 6) is 0.700. The summed E-state index contributed by atoms with van der Waals surface area (Å²) < 4.78 is 10.8. The maximum Gasteiger partial charge on any atom is 0.246 e. The average molecular weight is 228 g/mol. The second-order valence-corrected chi connectivity index (χ2v) is 4.46. The lowest BCUT2D eigenvalue weighted by Gasteiger charge is -2.23. The normalized spacial score (nSPS) is 25.4. The molecule has 1 aliphatic heterocycles. The van der Waals surface area contributed by atoms with Gasteiger partial charge in [0.15, 0.2) is 0 Å². The topological polar surface area (TPSA) is 59.6 Å². The Hall–Kier alpha value is -0.650.